The number of nitrogens with zero attached hydrogens (tertiary/aromatic N) is 6. The van der Waals surface area contributed by atoms with Gasteiger partial charge in [0.05, 0.1) is 42.3 Å². The van der Waals surface area contributed by atoms with Crippen LogP contribution in [-0.4, -0.2) is 59.1 Å². The fraction of sp³-hybridized carbons (Fsp3) is 0.250. The highest BCUT2D eigenvalue weighted by Gasteiger charge is 2.22. The minimum atomic E-state index is -1.22. The average molecular weight is 443 g/mol. The number of aromatic nitrogens is 6. The molecule has 4 aromatic rings. The van der Waals surface area contributed by atoms with Crippen LogP contribution in [-0.2, 0) is 0 Å². The molecule has 0 bridgehead atoms. The molecular weight excluding hydrogens is 424 g/mol. The van der Waals surface area contributed by atoms with Gasteiger partial charge in [-0.05, 0) is 19.1 Å². The predicted molar refractivity (Wildman–Crippen MR) is 109 cm³/mol. The third kappa shape index (κ3) is 4.45. The van der Waals surface area contributed by atoms with Crippen molar-refractivity contribution >= 4 is 11.3 Å². The number of ether oxygens (including phenoxy) is 1. The number of halogens is 2. The van der Waals surface area contributed by atoms with Gasteiger partial charge in [0, 0.05) is 6.20 Å². The van der Waals surface area contributed by atoms with Crippen LogP contribution in [0.1, 0.15) is 18.8 Å². The molecule has 10 nitrogen and oxygen atoms in total. The van der Waals surface area contributed by atoms with E-state index in [4.69, 9.17) is 9.84 Å². The first-order chi connectivity index (χ1) is 15.5. The van der Waals surface area contributed by atoms with E-state index >= 15 is 4.39 Å². The van der Waals surface area contributed by atoms with Crippen LogP contribution in [0.15, 0.2) is 43.0 Å². The molecule has 32 heavy (non-hydrogen) atoms. The summed E-state index contributed by atoms with van der Waals surface area (Å²) in [5.74, 6) is -1.80. The van der Waals surface area contributed by atoms with Crippen molar-refractivity contribution in [3.63, 3.8) is 0 Å². The molecule has 3 N–H and O–H groups in total. The van der Waals surface area contributed by atoms with Gasteiger partial charge in [0.25, 0.3) is 5.88 Å². The molecule has 0 radical (unpaired) electrons. The standard InChI is InChI=1S/C20H19F2N7O3/c1-11(17-23-6-12(21)7-24-17)26-19-16(22)20(32-10-13(31)9-30)28-18(27-19)14-8-25-29-5-3-2-4-15(14)29/h2-8,11,13,30-31H,9-10H2,1H3,(H,26,27,28). The quantitative estimate of drug-likeness (QED) is 0.373. The fourth-order valence-corrected chi connectivity index (χ4v) is 2.89. The lowest BCUT2D eigenvalue weighted by Gasteiger charge is -2.16. The van der Waals surface area contributed by atoms with Gasteiger partial charge >= 0.3 is 0 Å². The SMILES string of the molecule is CC(Nc1nc(-c2cnn3ccccc23)nc(OCC(O)CO)c1F)c1ncc(F)cn1. The second-order valence-electron chi connectivity index (χ2n) is 6.88. The van der Waals surface area contributed by atoms with Crippen molar-refractivity contribution in [2.45, 2.75) is 19.1 Å². The number of fused-ring (bicyclic) bond motifs is 1. The van der Waals surface area contributed by atoms with Gasteiger partial charge < -0.3 is 20.3 Å². The molecule has 166 valence electrons. The fourth-order valence-electron chi connectivity index (χ4n) is 2.89. The Kier molecular flexibility index (Phi) is 6.14. The predicted octanol–water partition coefficient (Wildman–Crippen LogP) is 1.76. The van der Waals surface area contributed by atoms with Crippen LogP contribution in [0.4, 0.5) is 14.6 Å². The molecule has 0 fully saturated rings. The van der Waals surface area contributed by atoms with E-state index in [2.05, 4.69) is 30.4 Å². The van der Waals surface area contributed by atoms with Crippen molar-refractivity contribution in [1.29, 1.82) is 0 Å². The molecule has 4 rings (SSSR count). The lowest BCUT2D eigenvalue weighted by atomic mass is 10.2. The van der Waals surface area contributed by atoms with Crippen LogP contribution in [0.3, 0.4) is 0 Å². The Morgan fingerprint density at radius 3 is 2.69 bits per heavy atom. The molecular formula is C20H19F2N7O3. The third-order valence-corrected chi connectivity index (χ3v) is 4.49. The molecule has 2 unspecified atom stereocenters. The first-order valence-electron chi connectivity index (χ1n) is 9.62. The number of aliphatic hydroxyl groups is 2. The highest BCUT2D eigenvalue weighted by molar-refractivity contribution is 5.76. The molecule has 0 amide bonds. The lowest BCUT2D eigenvalue weighted by Crippen LogP contribution is -2.22. The van der Waals surface area contributed by atoms with E-state index in [-0.39, 0.29) is 24.1 Å². The molecule has 0 saturated heterocycles. The highest BCUT2D eigenvalue weighted by Crippen LogP contribution is 2.30. The van der Waals surface area contributed by atoms with Crippen molar-refractivity contribution in [3.8, 4) is 17.3 Å². The largest absolute Gasteiger partial charge is 0.473 e. The Balaban J connectivity index is 1.74. The molecule has 12 heteroatoms. The van der Waals surface area contributed by atoms with E-state index < -0.39 is 36.3 Å². The van der Waals surface area contributed by atoms with Gasteiger partial charge in [-0.3, -0.25) is 0 Å². The van der Waals surface area contributed by atoms with Crippen LogP contribution in [0.5, 0.6) is 5.88 Å². The summed E-state index contributed by atoms with van der Waals surface area (Å²) >= 11 is 0. The molecule has 0 aliphatic heterocycles. The Bertz CT molecular complexity index is 1220. The highest BCUT2D eigenvalue weighted by atomic mass is 19.1. The zero-order valence-corrected chi connectivity index (χ0v) is 16.9. The van der Waals surface area contributed by atoms with Gasteiger partial charge in [-0.1, -0.05) is 6.07 Å². The first kappa shape index (κ1) is 21.5. The van der Waals surface area contributed by atoms with Gasteiger partial charge in [-0.25, -0.2) is 23.9 Å². The summed E-state index contributed by atoms with van der Waals surface area (Å²) in [6, 6.07) is 4.78. The topological polar surface area (TPSA) is 131 Å². The Morgan fingerprint density at radius 2 is 1.94 bits per heavy atom. The molecule has 4 heterocycles. The zero-order valence-electron chi connectivity index (χ0n) is 16.9. The molecule has 2 atom stereocenters. The maximum Gasteiger partial charge on any atom is 0.256 e. The maximum absolute atomic E-state index is 15.1. The molecule has 0 saturated carbocycles. The van der Waals surface area contributed by atoms with Gasteiger partial charge in [-0.2, -0.15) is 14.5 Å². The van der Waals surface area contributed by atoms with Crippen molar-refractivity contribution < 1.29 is 23.7 Å². The number of hydrogen-bond donors (Lipinski definition) is 3. The van der Waals surface area contributed by atoms with Crippen molar-refractivity contribution in [2.24, 2.45) is 0 Å². The van der Waals surface area contributed by atoms with E-state index in [0.29, 0.717) is 11.1 Å². The van der Waals surface area contributed by atoms with Crippen LogP contribution in [0.25, 0.3) is 16.9 Å². The number of nitrogens with one attached hydrogen (secondary N) is 1. The van der Waals surface area contributed by atoms with Crippen LogP contribution in [0.2, 0.25) is 0 Å². The second-order valence-corrected chi connectivity index (χ2v) is 6.88. The van der Waals surface area contributed by atoms with Crippen molar-refractivity contribution in [3.05, 3.63) is 60.4 Å². The van der Waals surface area contributed by atoms with Crippen LogP contribution >= 0.6 is 0 Å². The lowest BCUT2D eigenvalue weighted by molar-refractivity contribution is 0.0507. The Morgan fingerprint density at radius 1 is 1.16 bits per heavy atom. The van der Waals surface area contributed by atoms with Gasteiger partial charge in [0.2, 0.25) is 5.82 Å². The normalized spacial score (nSPS) is 13.2. The minimum absolute atomic E-state index is 0.121. The third-order valence-electron chi connectivity index (χ3n) is 4.49. The van der Waals surface area contributed by atoms with Gasteiger partial charge in [0.1, 0.15) is 18.5 Å². The summed E-state index contributed by atoms with van der Waals surface area (Å²) in [5, 5.41) is 25.7. The average Bonchev–Trinajstić information content (AvgIpc) is 3.24. The number of anilines is 1. The molecule has 0 aliphatic carbocycles. The van der Waals surface area contributed by atoms with Gasteiger partial charge in [0.15, 0.2) is 17.5 Å². The van der Waals surface area contributed by atoms with E-state index in [1.165, 1.54) is 6.20 Å². The van der Waals surface area contributed by atoms with E-state index in [1.54, 1.807) is 29.8 Å². The first-order valence-corrected chi connectivity index (χ1v) is 9.62. The molecule has 4 aromatic heterocycles. The summed E-state index contributed by atoms with van der Waals surface area (Å²) in [4.78, 5) is 16.2. The molecule has 0 aromatic carbocycles. The summed E-state index contributed by atoms with van der Waals surface area (Å²) in [6.45, 7) is 0.714. The second kappa shape index (κ2) is 9.16. The van der Waals surface area contributed by atoms with E-state index in [9.17, 15) is 9.50 Å². The minimum Gasteiger partial charge on any atom is -0.473 e. The Hall–Kier alpha value is -3.77. The number of hydrogen-bond acceptors (Lipinski definition) is 9. The van der Waals surface area contributed by atoms with Gasteiger partial charge in [-0.15, -0.1) is 0 Å². The summed E-state index contributed by atoms with van der Waals surface area (Å²) in [5.41, 5.74) is 1.20. The number of rotatable bonds is 8. The monoisotopic (exact) mass is 443 g/mol. The van der Waals surface area contributed by atoms with E-state index in [1.807, 2.05) is 6.07 Å². The summed E-state index contributed by atoms with van der Waals surface area (Å²) < 4.78 is 35.2. The van der Waals surface area contributed by atoms with E-state index in [0.717, 1.165) is 12.4 Å². The summed E-state index contributed by atoms with van der Waals surface area (Å²) in [6.07, 6.45) is 4.07. The molecule has 0 spiro atoms. The maximum atomic E-state index is 15.1. The van der Waals surface area contributed by atoms with Crippen molar-refractivity contribution in [2.75, 3.05) is 18.5 Å². The zero-order chi connectivity index (χ0) is 22.7. The smallest absolute Gasteiger partial charge is 0.256 e. The van der Waals surface area contributed by atoms with Crippen LogP contribution in [0, 0.1) is 11.6 Å². The summed E-state index contributed by atoms with van der Waals surface area (Å²) in [7, 11) is 0. The molecule has 0 aliphatic rings. The van der Waals surface area contributed by atoms with Crippen LogP contribution < -0.4 is 10.1 Å². The number of aliphatic hydroxyl groups excluding tert-OH is 2. The Labute approximate surface area is 180 Å². The number of pyridine rings is 1. The van der Waals surface area contributed by atoms with Crippen molar-refractivity contribution in [1.82, 2.24) is 29.5 Å².